The maximum absolute atomic E-state index is 13.1. The van der Waals surface area contributed by atoms with Crippen molar-refractivity contribution in [2.24, 2.45) is 0 Å². The molecule has 0 saturated carbocycles. The minimum absolute atomic E-state index is 0.0167. The van der Waals surface area contributed by atoms with Gasteiger partial charge in [0.15, 0.2) is 0 Å². The van der Waals surface area contributed by atoms with E-state index in [4.69, 9.17) is 11.6 Å². The standard InChI is InChI=1S/C11H8ClFN2O2/c1-17-10(16)5-9-7-4-6(13)2-3-8(7)14-11(12)15-9/h2-4H,5H2,1H3. The fourth-order valence-corrected chi connectivity index (χ4v) is 1.67. The van der Waals surface area contributed by atoms with Gasteiger partial charge in [0.05, 0.1) is 24.7 Å². The average Bonchev–Trinajstić information content (AvgIpc) is 2.29. The summed E-state index contributed by atoms with van der Waals surface area (Å²) in [6, 6.07) is 4.02. The maximum atomic E-state index is 13.1. The summed E-state index contributed by atoms with van der Waals surface area (Å²) in [5, 5.41) is 0.475. The molecule has 2 aromatic rings. The number of esters is 1. The van der Waals surface area contributed by atoms with Crippen molar-refractivity contribution in [1.82, 2.24) is 9.97 Å². The molecular formula is C11H8ClFN2O2. The van der Waals surface area contributed by atoms with Gasteiger partial charge in [0.25, 0.3) is 0 Å². The van der Waals surface area contributed by atoms with Gasteiger partial charge >= 0.3 is 5.97 Å². The van der Waals surface area contributed by atoms with Crippen LogP contribution in [0.2, 0.25) is 5.28 Å². The molecule has 0 atom stereocenters. The fourth-order valence-electron chi connectivity index (χ4n) is 1.48. The second-order valence-electron chi connectivity index (χ2n) is 3.35. The van der Waals surface area contributed by atoms with Crippen molar-refractivity contribution >= 4 is 28.5 Å². The second-order valence-corrected chi connectivity index (χ2v) is 3.69. The van der Waals surface area contributed by atoms with Crippen LogP contribution in [0.4, 0.5) is 4.39 Å². The van der Waals surface area contributed by atoms with E-state index in [-0.39, 0.29) is 11.7 Å². The summed E-state index contributed by atoms with van der Waals surface area (Å²) < 4.78 is 17.7. The Labute approximate surface area is 101 Å². The zero-order chi connectivity index (χ0) is 12.4. The molecule has 0 fully saturated rings. The third-order valence-corrected chi connectivity index (χ3v) is 2.42. The Hall–Kier alpha value is -1.75. The lowest BCUT2D eigenvalue weighted by Gasteiger charge is -2.05. The molecule has 0 bridgehead atoms. The number of ether oxygens (including phenoxy) is 1. The molecule has 0 aliphatic heterocycles. The largest absolute Gasteiger partial charge is 0.469 e. The van der Waals surface area contributed by atoms with Gasteiger partial charge in [-0.15, -0.1) is 0 Å². The Morgan fingerprint density at radius 2 is 2.24 bits per heavy atom. The molecule has 0 aliphatic carbocycles. The Balaban J connectivity index is 2.59. The summed E-state index contributed by atoms with van der Waals surface area (Å²) in [5.41, 5.74) is 0.844. The number of benzene rings is 1. The highest BCUT2D eigenvalue weighted by Crippen LogP contribution is 2.19. The first kappa shape index (κ1) is 11.7. The first-order valence-electron chi connectivity index (χ1n) is 4.78. The number of hydrogen-bond donors (Lipinski definition) is 0. The van der Waals surface area contributed by atoms with Crippen LogP contribution in [0.1, 0.15) is 5.69 Å². The number of methoxy groups -OCH3 is 1. The molecule has 0 radical (unpaired) electrons. The quantitative estimate of drug-likeness (QED) is 0.609. The molecule has 0 unspecified atom stereocenters. The van der Waals surface area contributed by atoms with Crippen LogP contribution >= 0.6 is 11.6 Å². The monoisotopic (exact) mass is 254 g/mol. The summed E-state index contributed by atoms with van der Waals surface area (Å²) in [5.74, 6) is -0.889. The molecule has 88 valence electrons. The molecule has 0 amide bonds. The van der Waals surface area contributed by atoms with E-state index in [2.05, 4.69) is 14.7 Å². The van der Waals surface area contributed by atoms with Gasteiger partial charge in [-0.05, 0) is 29.8 Å². The number of hydrogen-bond acceptors (Lipinski definition) is 4. The first-order chi connectivity index (χ1) is 8.10. The summed E-state index contributed by atoms with van der Waals surface area (Å²) >= 11 is 5.72. The SMILES string of the molecule is COC(=O)Cc1nc(Cl)nc2ccc(F)cc12. The highest BCUT2D eigenvalue weighted by molar-refractivity contribution is 6.28. The molecule has 4 nitrogen and oxygen atoms in total. The van der Waals surface area contributed by atoms with Crippen LogP contribution in [0.25, 0.3) is 10.9 Å². The van der Waals surface area contributed by atoms with Crippen LogP contribution in [0, 0.1) is 5.82 Å². The van der Waals surface area contributed by atoms with Crippen LogP contribution in [0.3, 0.4) is 0 Å². The van der Waals surface area contributed by atoms with Crippen molar-refractivity contribution in [3.63, 3.8) is 0 Å². The number of rotatable bonds is 2. The van der Waals surface area contributed by atoms with E-state index >= 15 is 0 Å². The predicted octanol–water partition coefficient (Wildman–Crippen LogP) is 2.14. The van der Waals surface area contributed by atoms with E-state index < -0.39 is 11.8 Å². The smallest absolute Gasteiger partial charge is 0.311 e. The molecule has 2 rings (SSSR count). The molecule has 0 N–H and O–H groups in total. The molecule has 17 heavy (non-hydrogen) atoms. The van der Waals surface area contributed by atoms with Gasteiger partial charge in [0.1, 0.15) is 5.82 Å². The lowest BCUT2D eigenvalue weighted by atomic mass is 10.1. The third-order valence-electron chi connectivity index (χ3n) is 2.25. The van der Waals surface area contributed by atoms with Gasteiger partial charge in [-0.2, -0.15) is 0 Å². The van der Waals surface area contributed by atoms with Crippen LogP contribution in [-0.4, -0.2) is 23.0 Å². The van der Waals surface area contributed by atoms with Crippen molar-refractivity contribution in [1.29, 1.82) is 0 Å². The van der Waals surface area contributed by atoms with E-state index in [9.17, 15) is 9.18 Å². The maximum Gasteiger partial charge on any atom is 0.311 e. The van der Waals surface area contributed by atoms with Gasteiger partial charge in [-0.3, -0.25) is 4.79 Å². The fraction of sp³-hybridized carbons (Fsp3) is 0.182. The normalized spacial score (nSPS) is 10.5. The van der Waals surface area contributed by atoms with E-state index in [1.54, 1.807) is 0 Å². The number of fused-ring (bicyclic) bond motifs is 1. The molecule has 1 heterocycles. The minimum atomic E-state index is -0.467. The van der Waals surface area contributed by atoms with Crippen LogP contribution < -0.4 is 0 Å². The first-order valence-corrected chi connectivity index (χ1v) is 5.16. The highest BCUT2D eigenvalue weighted by atomic mass is 35.5. The van der Waals surface area contributed by atoms with Gasteiger partial charge in [0.2, 0.25) is 5.28 Å². The Morgan fingerprint density at radius 3 is 2.94 bits per heavy atom. The second kappa shape index (κ2) is 4.63. The van der Waals surface area contributed by atoms with Gasteiger partial charge in [-0.25, -0.2) is 14.4 Å². The Kier molecular flexibility index (Phi) is 3.19. The predicted molar refractivity (Wildman–Crippen MR) is 60.2 cm³/mol. The molecule has 0 saturated heterocycles. The summed E-state index contributed by atoms with van der Waals surface area (Å²) in [7, 11) is 1.27. The minimum Gasteiger partial charge on any atom is -0.469 e. The lowest BCUT2D eigenvalue weighted by Crippen LogP contribution is -2.07. The number of nitrogens with zero attached hydrogens (tertiary/aromatic N) is 2. The van der Waals surface area contributed by atoms with Crippen molar-refractivity contribution in [3.8, 4) is 0 Å². The molecule has 0 spiro atoms. The molecule has 1 aromatic carbocycles. The van der Waals surface area contributed by atoms with Crippen molar-refractivity contribution < 1.29 is 13.9 Å². The van der Waals surface area contributed by atoms with Crippen molar-refractivity contribution in [2.75, 3.05) is 7.11 Å². The zero-order valence-electron chi connectivity index (χ0n) is 8.91. The Bertz CT molecular complexity index is 589. The van der Waals surface area contributed by atoms with E-state index in [1.807, 2.05) is 0 Å². The van der Waals surface area contributed by atoms with Gasteiger partial charge < -0.3 is 4.74 Å². The molecule has 1 aromatic heterocycles. The molecule has 6 heteroatoms. The number of aromatic nitrogens is 2. The Morgan fingerprint density at radius 1 is 1.47 bits per heavy atom. The van der Waals surface area contributed by atoms with Crippen LogP contribution in [0.5, 0.6) is 0 Å². The lowest BCUT2D eigenvalue weighted by molar-refractivity contribution is -0.139. The summed E-state index contributed by atoms with van der Waals surface area (Å²) in [6.07, 6.45) is -0.0707. The zero-order valence-corrected chi connectivity index (χ0v) is 9.66. The summed E-state index contributed by atoms with van der Waals surface area (Å²) in [6.45, 7) is 0. The molecule has 0 aliphatic rings. The number of halogens is 2. The third kappa shape index (κ3) is 2.50. The van der Waals surface area contributed by atoms with Crippen LogP contribution in [0.15, 0.2) is 18.2 Å². The van der Waals surface area contributed by atoms with E-state index in [0.717, 1.165) is 0 Å². The highest BCUT2D eigenvalue weighted by Gasteiger charge is 2.11. The van der Waals surface area contributed by atoms with Gasteiger partial charge in [-0.1, -0.05) is 0 Å². The van der Waals surface area contributed by atoms with Crippen molar-refractivity contribution in [2.45, 2.75) is 6.42 Å². The average molecular weight is 255 g/mol. The topological polar surface area (TPSA) is 52.1 Å². The van der Waals surface area contributed by atoms with Crippen molar-refractivity contribution in [3.05, 3.63) is 35.0 Å². The van der Waals surface area contributed by atoms with Gasteiger partial charge in [0, 0.05) is 5.39 Å². The molecular weight excluding hydrogens is 247 g/mol. The van der Waals surface area contributed by atoms with E-state index in [1.165, 1.54) is 25.3 Å². The van der Waals surface area contributed by atoms with E-state index in [0.29, 0.717) is 16.6 Å². The number of carbonyl (C=O) groups is 1. The summed E-state index contributed by atoms with van der Waals surface area (Å²) in [4.78, 5) is 19.1. The van der Waals surface area contributed by atoms with Crippen LogP contribution in [-0.2, 0) is 16.0 Å². The number of carbonyl (C=O) groups excluding carboxylic acids is 1.